The Labute approximate surface area is 254 Å². The average Bonchev–Trinajstić information content (AvgIpc) is 2.92. The van der Waals surface area contributed by atoms with Crippen LogP contribution in [0.25, 0.3) is 0 Å². The van der Waals surface area contributed by atoms with E-state index in [-0.39, 0.29) is 11.1 Å². The van der Waals surface area contributed by atoms with Crippen molar-refractivity contribution in [3.8, 4) is 5.75 Å². The van der Waals surface area contributed by atoms with Gasteiger partial charge in [0.1, 0.15) is 5.75 Å². The predicted molar refractivity (Wildman–Crippen MR) is 182 cm³/mol. The third-order valence-electron chi connectivity index (χ3n) is 8.94. The van der Waals surface area contributed by atoms with Crippen LogP contribution < -0.4 is 4.74 Å². The molecular formula is C35H64O3SiSn. The molecule has 0 spiro atoms. The zero-order valence-corrected chi connectivity index (χ0v) is 32.1. The molecule has 40 heavy (non-hydrogen) atoms. The number of unbranched alkanes of at least 4 members (excludes halogenated alkanes) is 3. The Hall–Kier alpha value is -0.564. The molecule has 0 fully saturated rings. The van der Waals surface area contributed by atoms with Crippen molar-refractivity contribution in [1.29, 1.82) is 0 Å². The van der Waals surface area contributed by atoms with E-state index in [0.717, 1.165) is 11.3 Å². The molecule has 0 unspecified atom stereocenters. The summed E-state index contributed by atoms with van der Waals surface area (Å²) in [6.45, 7) is 24.7. The molecule has 0 saturated heterocycles. The van der Waals surface area contributed by atoms with E-state index in [0.29, 0.717) is 19.1 Å². The molecule has 1 rings (SSSR count). The van der Waals surface area contributed by atoms with Crippen molar-refractivity contribution < 1.29 is 13.9 Å². The molecule has 0 bridgehead atoms. The molecule has 0 aliphatic heterocycles. The number of hydrogen-bond acceptors (Lipinski definition) is 3. The SMILES string of the molecule is CCC[CH2][Sn](/[CH]=C\[C@H](C)[C@H](O[Si](C)(C)C(C)(C)C)/C(C)=C/COCc1ccc(OC)cc1)([CH2]CCC)[CH2]CCC. The van der Waals surface area contributed by atoms with Crippen LogP contribution in [0.5, 0.6) is 5.75 Å². The van der Waals surface area contributed by atoms with Gasteiger partial charge in [-0.2, -0.15) is 0 Å². The average molecular weight is 680 g/mol. The molecule has 0 radical (unpaired) electrons. The Bertz CT molecular complexity index is 848. The van der Waals surface area contributed by atoms with E-state index in [1.807, 2.05) is 12.1 Å². The third kappa shape index (κ3) is 13.2. The van der Waals surface area contributed by atoms with Gasteiger partial charge >= 0.3 is 238 Å². The van der Waals surface area contributed by atoms with Gasteiger partial charge in [-0.1, -0.05) is 0 Å². The fourth-order valence-corrected chi connectivity index (χ4v) is 21.0. The van der Waals surface area contributed by atoms with Crippen molar-refractivity contribution >= 4 is 26.7 Å². The zero-order valence-electron chi connectivity index (χ0n) is 28.2. The van der Waals surface area contributed by atoms with E-state index in [4.69, 9.17) is 13.9 Å². The summed E-state index contributed by atoms with van der Waals surface area (Å²) in [6.07, 6.45) is 13.1. The van der Waals surface area contributed by atoms with E-state index in [1.165, 1.54) is 57.4 Å². The van der Waals surface area contributed by atoms with E-state index in [9.17, 15) is 0 Å². The van der Waals surface area contributed by atoms with Crippen LogP contribution in [-0.4, -0.2) is 46.5 Å². The van der Waals surface area contributed by atoms with Gasteiger partial charge in [0, 0.05) is 0 Å². The molecule has 0 amide bonds. The summed E-state index contributed by atoms with van der Waals surface area (Å²) in [6, 6.07) is 8.12. The second kappa shape index (κ2) is 18.9. The summed E-state index contributed by atoms with van der Waals surface area (Å²) >= 11 is -2.36. The Morgan fingerprint density at radius 1 is 0.925 bits per heavy atom. The molecule has 0 aliphatic rings. The second-order valence-electron chi connectivity index (χ2n) is 13.5. The van der Waals surface area contributed by atoms with E-state index >= 15 is 0 Å². The first-order chi connectivity index (χ1) is 18.8. The molecule has 1 aromatic carbocycles. The molecule has 0 heterocycles. The van der Waals surface area contributed by atoms with Gasteiger partial charge < -0.3 is 4.74 Å². The van der Waals surface area contributed by atoms with E-state index < -0.39 is 26.7 Å². The third-order valence-corrected chi connectivity index (χ3v) is 27.5. The molecule has 3 nitrogen and oxygen atoms in total. The van der Waals surface area contributed by atoms with Gasteiger partial charge in [-0.05, 0) is 0 Å². The van der Waals surface area contributed by atoms with Crippen molar-refractivity contribution in [3.05, 3.63) is 51.6 Å². The van der Waals surface area contributed by atoms with Crippen LogP contribution in [0.2, 0.25) is 31.4 Å². The van der Waals surface area contributed by atoms with Crippen LogP contribution in [-0.2, 0) is 15.8 Å². The van der Waals surface area contributed by atoms with Crippen LogP contribution in [0, 0.1) is 5.92 Å². The van der Waals surface area contributed by atoms with Crippen molar-refractivity contribution in [1.82, 2.24) is 0 Å². The number of hydrogen-bond donors (Lipinski definition) is 0. The Kier molecular flexibility index (Phi) is 17.7. The molecule has 0 saturated carbocycles. The van der Waals surface area contributed by atoms with Gasteiger partial charge in [0.15, 0.2) is 0 Å². The van der Waals surface area contributed by atoms with Crippen molar-refractivity contribution in [3.63, 3.8) is 0 Å². The summed E-state index contributed by atoms with van der Waals surface area (Å²) in [4.78, 5) is 0. The van der Waals surface area contributed by atoms with Crippen molar-refractivity contribution in [2.75, 3.05) is 13.7 Å². The normalized spacial score (nSPS) is 15.0. The Balaban J connectivity index is 3.17. The summed E-state index contributed by atoms with van der Waals surface area (Å²) in [5, 5.41) is 0.173. The number of rotatable bonds is 20. The van der Waals surface area contributed by atoms with Crippen molar-refractivity contribution in [2.45, 2.75) is 138 Å². The molecule has 1 aromatic rings. The van der Waals surface area contributed by atoms with E-state index in [2.05, 4.69) is 96.9 Å². The van der Waals surface area contributed by atoms with Gasteiger partial charge in [0.25, 0.3) is 0 Å². The Morgan fingerprint density at radius 2 is 1.45 bits per heavy atom. The minimum absolute atomic E-state index is 0.0919. The Morgan fingerprint density at radius 3 is 1.90 bits per heavy atom. The standard InChI is InChI=1S/C23H37O3Si.3C4H9.Sn/c1-10-18(2)22(26-27(8,9)23(4,5)6)19(3)15-16-25-17-20-11-13-21(24-7)14-12-20;3*1-3-4-2;/h1,10-15,18,22H,16-17H2,2-9H3;3*1,3-4H2,2H3;/b10-1?,19-15+;;;;/t18-,22-;;;;/m0..../s1. The first-order valence-electron chi connectivity index (χ1n) is 16.1. The van der Waals surface area contributed by atoms with Gasteiger partial charge in [0.2, 0.25) is 0 Å². The summed E-state index contributed by atoms with van der Waals surface area (Å²) < 4.78 is 25.9. The maximum absolute atomic E-state index is 7.15. The quantitative estimate of drug-likeness (QED) is 0.0780. The van der Waals surface area contributed by atoms with Gasteiger partial charge in [-0.25, -0.2) is 0 Å². The number of methoxy groups -OCH3 is 1. The zero-order chi connectivity index (χ0) is 30.2. The molecule has 0 aromatic heterocycles. The first kappa shape index (κ1) is 37.5. The minimum atomic E-state index is -2.36. The fraction of sp³-hybridized carbons (Fsp3) is 0.714. The van der Waals surface area contributed by atoms with Crippen molar-refractivity contribution in [2.24, 2.45) is 5.92 Å². The van der Waals surface area contributed by atoms with Crippen LogP contribution in [0.4, 0.5) is 0 Å². The van der Waals surface area contributed by atoms with Crippen LogP contribution in [0.15, 0.2) is 46.1 Å². The van der Waals surface area contributed by atoms with Crippen LogP contribution in [0.1, 0.15) is 99.5 Å². The number of benzene rings is 1. The fourth-order valence-electron chi connectivity index (χ4n) is 4.98. The molecule has 230 valence electrons. The van der Waals surface area contributed by atoms with Gasteiger partial charge in [-0.15, -0.1) is 0 Å². The number of ether oxygens (including phenoxy) is 2. The van der Waals surface area contributed by atoms with E-state index in [1.54, 1.807) is 7.11 Å². The molecule has 0 aliphatic carbocycles. The first-order valence-corrected chi connectivity index (χ1v) is 26.7. The predicted octanol–water partition coefficient (Wildman–Crippen LogP) is 11.1. The second-order valence-corrected chi connectivity index (χ2v) is 31.3. The van der Waals surface area contributed by atoms with Gasteiger partial charge in [0.05, 0.1) is 7.11 Å². The summed E-state index contributed by atoms with van der Waals surface area (Å²) in [5.74, 6) is 1.23. The molecular weight excluding hydrogens is 615 g/mol. The summed E-state index contributed by atoms with van der Waals surface area (Å²) in [7, 11) is -0.254. The topological polar surface area (TPSA) is 27.7 Å². The molecule has 2 atom stereocenters. The van der Waals surface area contributed by atoms with Crippen LogP contribution >= 0.6 is 0 Å². The van der Waals surface area contributed by atoms with Gasteiger partial charge in [-0.3, -0.25) is 0 Å². The molecule has 0 N–H and O–H groups in total. The monoisotopic (exact) mass is 680 g/mol. The van der Waals surface area contributed by atoms with Crippen LogP contribution in [0.3, 0.4) is 0 Å². The summed E-state index contributed by atoms with van der Waals surface area (Å²) in [5.41, 5.74) is 2.46. The maximum atomic E-state index is 7.15. The molecule has 5 heteroatoms.